The minimum absolute atomic E-state index is 1.17. The first-order valence-electron chi connectivity index (χ1n) is 12.0. The van der Waals surface area contributed by atoms with Crippen LogP contribution in [0.5, 0.6) is 0 Å². The van der Waals surface area contributed by atoms with Gasteiger partial charge in [0.05, 0.1) is 20.4 Å². The van der Waals surface area contributed by atoms with E-state index in [2.05, 4.69) is 44.6 Å². The Morgan fingerprint density at radius 1 is 0.528 bits per heavy atom. The SMILES string of the molecule is N/C=c1/c2csc3c4[nH]cc5c6csc7c8[nH]cc9c%10csc%11cc1c1c(c%11%10)c(c98)c(c67)c(c54)c1c23. The van der Waals surface area contributed by atoms with Crippen molar-refractivity contribution in [1.29, 1.82) is 0 Å². The molecule has 0 unspecified atom stereocenters. The summed E-state index contributed by atoms with van der Waals surface area (Å²) in [7, 11) is 0. The molecule has 12 rings (SSSR count). The van der Waals surface area contributed by atoms with E-state index in [1.165, 1.54) is 122 Å². The zero-order valence-electron chi connectivity index (χ0n) is 18.3. The summed E-state index contributed by atoms with van der Waals surface area (Å²) in [5, 5.41) is 32.0. The van der Waals surface area contributed by atoms with Crippen LogP contribution in [-0.4, -0.2) is 9.97 Å². The molecule has 0 spiro atoms. The largest absolute Gasteiger partial charge is 0.404 e. The molecular formula is C30H11N3S3. The van der Waals surface area contributed by atoms with Crippen molar-refractivity contribution >= 4 is 157 Å². The fourth-order valence-electron chi connectivity index (χ4n) is 8.07. The summed E-state index contributed by atoms with van der Waals surface area (Å²) >= 11 is 5.61. The van der Waals surface area contributed by atoms with E-state index in [1.54, 1.807) is 0 Å². The standard InChI is InChI=1S/C30H11N3S3/c31-2-9-8-1-15-16-13(5-34-15)10-3-32-27-18(10)24-22(16)17(8)23-20-12(9)6-35-29(20)28-19-11(4-33-28)14-7-36-30(27)21(14)26(24)25(19)23/h1-7,32-33H,31H2/b9-2+. The smallest absolute Gasteiger partial charge is 0.0648 e. The summed E-state index contributed by atoms with van der Waals surface area (Å²) in [5.74, 6) is 0. The van der Waals surface area contributed by atoms with E-state index in [-0.39, 0.29) is 0 Å². The van der Waals surface area contributed by atoms with Gasteiger partial charge in [-0.05, 0) is 33.0 Å². The number of fused-ring (bicyclic) bond motifs is 4. The average Bonchev–Trinajstić information content (AvgIpc) is 3.70. The first kappa shape index (κ1) is 16.8. The van der Waals surface area contributed by atoms with Gasteiger partial charge in [-0.1, -0.05) is 0 Å². The summed E-state index contributed by atoms with van der Waals surface area (Å²) in [5.41, 5.74) is 8.97. The molecule has 0 fully saturated rings. The van der Waals surface area contributed by atoms with Gasteiger partial charge in [-0.15, -0.1) is 34.0 Å². The molecule has 164 valence electrons. The van der Waals surface area contributed by atoms with Gasteiger partial charge in [-0.3, -0.25) is 0 Å². The van der Waals surface area contributed by atoms with E-state index in [1.807, 2.05) is 40.2 Å². The van der Waals surface area contributed by atoms with Crippen molar-refractivity contribution in [2.75, 3.05) is 0 Å². The molecule has 0 bridgehead atoms. The molecule has 0 aliphatic carbocycles. The average molecular weight is 510 g/mol. The molecule has 12 aromatic rings. The highest BCUT2D eigenvalue weighted by Crippen LogP contribution is 2.59. The predicted molar refractivity (Wildman–Crippen MR) is 161 cm³/mol. The maximum Gasteiger partial charge on any atom is 0.0648 e. The molecule has 5 aromatic heterocycles. The Balaban J connectivity index is 1.72. The number of nitrogens with one attached hydrogen (secondary N) is 2. The van der Waals surface area contributed by atoms with Crippen LogP contribution in [0.4, 0.5) is 0 Å². The van der Waals surface area contributed by atoms with E-state index in [0.29, 0.717) is 0 Å². The molecule has 0 saturated heterocycles. The fourth-order valence-corrected chi connectivity index (χ4v) is 11.3. The Morgan fingerprint density at radius 2 is 1.08 bits per heavy atom. The molecule has 0 saturated carbocycles. The Kier molecular flexibility index (Phi) is 2.22. The number of benzene rings is 7. The van der Waals surface area contributed by atoms with E-state index in [9.17, 15) is 0 Å². The van der Waals surface area contributed by atoms with Crippen LogP contribution < -0.4 is 11.0 Å². The monoisotopic (exact) mass is 509 g/mol. The van der Waals surface area contributed by atoms with Crippen LogP contribution >= 0.6 is 34.0 Å². The van der Waals surface area contributed by atoms with E-state index < -0.39 is 0 Å². The second kappa shape index (κ2) is 4.76. The topological polar surface area (TPSA) is 57.6 Å². The lowest BCUT2D eigenvalue weighted by Crippen LogP contribution is -2.08. The third-order valence-electron chi connectivity index (χ3n) is 9.24. The first-order valence-corrected chi connectivity index (χ1v) is 14.7. The lowest BCUT2D eigenvalue weighted by Gasteiger charge is -2.22. The molecule has 0 aliphatic heterocycles. The highest BCUT2D eigenvalue weighted by molar-refractivity contribution is 7.20. The third kappa shape index (κ3) is 1.32. The molecule has 7 aromatic carbocycles. The van der Waals surface area contributed by atoms with Crippen LogP contribution in [0.15, 0.2) is 34.6 Å². The van der Waals surface area contributed by atoms with Crippen LogP contribution in [0.2, 0.25) is 0 Å². The zero-order chi connectivity index (χ0) is 22.8. The van der Waals surface area contributed by atoms with Crippen molar-refractivity contribution < 1.29 is 0 Å². The van der Waals surface area contributed by atoms with Gasteiger partial charge in [0, 0.05) is 109 Å². The number of nitrogens with two attached hydrogens (primary N) is 1. The maximum absolute atomic E-state index is 6.41. The van der Waals surface area contributed by atoms with Crippen LogP contribution in [0.3, 0.4) is 0 Å². The molecule has 0 radical (unpaired) electrons. The van der Waals surface area contributed by atoms with Crippen molar-refractivity contribution in [2.24, 2.45) is 5.73 Å². The van der Waals surface area contributed by atoms with E-state index in [0.717, 1.165) is 0 Å². The normalized spacial score (nSPS) is 14.9. The lowest BCUT2D eigenvalue weighted by molar-refractivity contribution is 1.51. The quantitative estimate of drug-likeness (QED) is 0.139. The fraction of sp³-hybridized carbons (Fsp3) is 0. The lowest BCUT2D eigenvalue weighted by atomic mass is 9.79. The number of thiophene rings is 3. The van der Waals surface area contributed by atoms with Crippen LogP contribution in [-0.2, 0) is 0 Å². The van der Waals surface area contributed by atoms with Crippen LogP contribution in [0.1, 0.15) is 0 Å². The Labute approximate surface area is 211 Å². The van der Waals surface area contributed by atoms with Gasteiger partial charge in [0.1, 0.15) is 0 Å². The van der Waals surface area contributed by atoms with E-state index >= 15 is 0 Å². The zero-order valence-corrected chi connectivity index (χ0v) is 20.8. The summed E-state index contributed by atoms with van der Waals surface area (Å²) in [4.78, 5) is 7.45. The van der Waals surface area contributed by atoms with Crippen LogP contribution in [0, 0.1) is 0 Å². The Morgan fingerprint density at radius 3 is 1.81 bits per heavy atom. The molecular weight excluding hydrogens is 499 g/mol. The number of aromatic amines is 2. The Bertz CT molecular complexity index is 2850. The minimum Gasteiger partial charge on any atom is -0.404 e. The second-order valence-electron chi connectivity index (χ2n) is 10.4. The molecule has 4 N–H and O–H groups in total. The molecule has 0 aliphatic rings. The summed E-state index contributed by atoms with van der Waals surface area (Å²) in [6.45, 7) is 0. The summed E-state index contributed by atoms with van der Waals surface area (Å²) in [6.07, 6.45) is 6.34. The Hall–Kier alpha value is -3.84. The summed E-state index contributed by atoms with van der Waals surface area (Å²) < 4.78 is 4.09. The van der Waals surface area contributed by atoms with Crippen molar-refractivity contribution in [3.05, 3.63) is 39.8 Å². The van der Waals surface area contributed by atoms with Gasteiger partial charge >= 0.3 is 0 Å². The number of aromatic nitrogens is 2. The van der Waals surface area contributed by atoms with Crippen molar-refractivity contribution in [2.45, 2.75) is 0 Å². The number of rotatable bonds is 0. The minimum atomic E-state index is 1.17. The van der Waals surface area contributed by atoms with Crippen molar-refractivity contribution in [3.8, 4) is 0 Å². The molecule has 3 nitrogen and oxygen atoms in total. The van der Waals surface area contributed by atoms with E-state index in [4.69, 9.17) is 5.73 Å². The van der Waals surface area contributed by atoms with Gasteiger partial charge in [0.25, 0.3) is 0 Å². The van der Waals surface area contributed by atoms with Crippen molar-refractivity contribution in [3.63, 3.8) is 0 Å². The molecule has 36 heavy (non-hydrogen) atoms. The molecule has 0 atom stereocenters. The number of hydrogen-bond donors (Lipinski definition) is 3. The molecule has 5 heterocycles. The summed E-state index contributed by atoms with van der Waals surface area (Å²) in [6, 6.07) is 2.42. The van der Waals surface area contributed by atoms with Crippen molar-refractivity contribution in [1.82, 2.24) is 9.97 Å². The van der Waals surface area contributed by atoms with Crippen LogP contribution in [0.25, 0.3) is 123 Å². The third-order valence-corrected chi connectivity index (χ3v) is 12.2. The second-order valence-corrected chi connectivity index (χ2v) is 13.1. The van der Waals surface area contributed by atoms with Gasteiger partial charge in [-0.2, -0.15) is 0 Å². The molecule has 6 heteroatoms. The van der Waals surface area contributed by atoms with Gasteiger partial charge < -0.3 is 15.7 Å². The highest BCUT2D eigenvalue weighted by atomic mass is 32.1. The number of hydrogen-bond acceptors (Lipinski definition) is 4. The van der Waals surface area contributed by atoms with Gasteiger partial charge in [-0.25, -0.2) is 0 Å². The number of H-pyrrole nitrogens is 2. The first-order chi connectivity index (χ1) is 17.8. The molecule has 0 amide bonds. The maximum atomic E-state index is 6.41. The van der Waals surface area contributed by atoms with Gasteiger partial charge in [0.15, 0.2) is 0 Å². The highest BCUT2D eigenvalue weighted by Gasteiger charge is 2.32. The van der Waals surface area contributed by atoms with Gasteiger partial charge in [0.2, 0.25) is 0 Å². The predicted octanol–water partition coefficient (Wildman–Crippen LogP) is 8.82.